The molecule has 0 aromatic heterocycles. The highest BCUT2D eigenvalue weighted by Gasteiger charge is 2.16. The monoisotopic (exact) mass is 1020 g/mol. The maximum Gasteiger partial charge on any atom is 0.306 e. The Morgan fingerprint density at radius 1 is 0.406 bits per heavy atom. The van der Waals surface area contributed by atoms with E-state index in [1.165, 1.54) is 116 Å². The number of hydrogen-bond donors (Lipinski definition) is 1. The van der Waals surface area contributed by atoms with Crippen LogP contribution in [0.2, 0.25) is 0 Å². The Bertz CT molecular complexity index is 964. The van der Waals surface area contributed by atoms with E-state index in [-0.39, 0.29) is 43.6 Å². The van der Waals surface area contributed by atoms with Crippen molar-refractivity contribution >= 4 is 82.7 Å². The summed E-state index contributed by atoms with van der Waals surface area (Å²) in [5.74, 6) is 5.32. The zero-order chi connectivity index (χ0) is 46.7. The average Bonchev–Trinajstić information content (AvgIpc) is 3.29. The van der Waals surface area contributed by atoms with Crippen molar-refractivity contribution in [2.45, 2.75) is 213 Å². The first-order chi connectivity index (χ1) is 31.5. The van der Waals surface area contributed by atoms with Crippen LogP contribution < -0.4 is 0 Å². The van der Waals surface area contributed by atoms with Crippen LogP contribution in [0.4, 0.5) is 0 Å². The van der Waals surface area contributed by atoms with Crippen molar-refractivity contribution in [3.63, 3.8) is 0 Å². The van der Waals surface area contributed by atoms with E-state index in [1.807, 2.05) is 32.4 Å². The Hall–Kier alpha value is 0.430. The summed E-state index contributed by atoms with van der Waals surface area (Å²) >= 11 is 0. The lowest BCUT2D eigenvalue weighted by molar-refractivity contribution is -0.149. The summed E-state index contributed by atoms with van der Waals surface area (Å²) in [6.07, 6.45) is 33.5. The van der Waals surface area contributed by atoms with Crippen LogP contribution in [0, 0.1) is 5.92 Å². The Labute approximate surface area is 418 Å². The Morgan fingerprint density at radius 3 is 1.17 bits per heavy atom. The molecule has 0 aliphatic rings. The third kappa shape index (κ3) is 50.3. The van der Waals surface area contributed by atoms with Crippen LogP contribution in [-0.4, -0.2) is 108 Å². The number of aliphatic hydroxyl groups is 1. The minimum Gasteiger partial charge on any atom is -0.466 e. The van der Waals surface area contributed by atoms with E-state index in [0.29, 0.717) is 25.9 Å². The fourth-order valence-electron chi connectivity index (χ4n) is 6.93. The number of rotatable bonds is 53. The molecule has 0 heterocycles. The van der Waals surface area contributed by atoms with Gasteiger partial charge in [-0.05, 0) is 90.3 Å². The molecule has 0 aromatic rings. The van der Waals surface area contributed by atoms with Crippen molar-refractivity contribution in [2.75, 3.05) is 80.6 Å². The predicted octanol–water partition coefficient (Wildman–Crippen LogP) is 15.4. The van der Waals surface area contributed by atoms with Crippen LogP contribution in [0.3, 0.4) is 0 Å². The number of ether oxygens (including phenoxy) is 3. The third-order valence-electron chi connectivity index (χ3n) is 11.0. The minimum absolute atomic E-state index is 0.0134. The summed E-state index contributed by atoms with van der Waals surface area (Å²) in [6, 6.07) is 0. The van der Waals surface area contributed by atoms with E-state index in [0.717, 1.165) is 112 Å². The van der Waals surface area contributed by atoms with Gasteiger partial charge in [-0.2, -0.15) is 0 Å². The fraction of sp³-hybridized carbons (Fsp3) is 0.940. The summed E-state index contributed by atoms with van der Waals surface area (Å²) in [5, 5.41) is 9.30. The molecule has 0 saturated carbocycles. The van der Waals surface area contributed by atoms with E-state index in [4.69, 9.17) is 14.2 Å². The molecular weight excluding hydrogens is 919 g/mol. The first-order valence-corrected chi connectivity index (χ1v) is 33.5. The number of unbranched alkanes of at least 4 members (excludes halogenated alkanes) is 20. The second-order valence-electron chi connectivity index (χ2n) is 17.1. The van der Waals surface area contributed by atoms with Crippen LogP contribution in [0.15, 0.2) is 0 Å². The molecule has 0 aromatic carbocycles. The molecule has 0 saturated heterocycles. The van der Waals surface area contributed by atoms with E-state index in [2.05, 4.69) is 25.7 Å². The van der Waals surface area contributed by atoms with E-state index in [1.54, 1.807) is 32.4 Å². The summed E-state index contributed by atoms with van der Waals surface area (Å²) in [7, 11) is 10.9. The van der Waals surface area contributed by atoms with Crippen LogP contribution in [0.25, 0.3) is 0 Å². The highest BCUT2D eigenvalue weighted by atomic mass is 33.1. The Morgan fingerprint density at radius 2 is 0.750 bits per heavy atom. The van der Waals surface area contributed by atoms with Gasteiger partial charge in [0.25, 0.3) is 0 Å². The molecule has 0 atom stereocenters. The van der Waals surface area contributed by atoms with Crippen LogP contribution in [-0.2, 0) is 28.6 Å². The zero-order valence-electron chi connectivity index (χ0n) is 41.3. The predicted molar refractivity (Wildman–Crippen MR) is 290 cm³/mol. The van der Waals surface area contributed by atoms with Crippen molar-refractivity contribution < 1.29 is 33.7 Å². The van der Waals surface area contributed by atoms with E-state index in [9.17, 15) is 19.5 Å². The Kier molecular flexibility index (Phi) is 54.7. The third-order valence-corrected chi connectivity index (χ3v) is 18.5. The smallest absolute Gasteiger partial charge is 0.306 e. The zero-order valence-corrected chi connectivity index (χ0v) is 46.2. The molecule has 8 nitrogen and oxygen atoms in total. The quantitative estimate of drug-likeness (QED) is 0.0271. The van der Waals surface area contributed by atoms with E-state index < -0.39 is 0 Å². The second kappa shape index (κ2) is 54.4. The molecule has 0 amide bonds. The number of esters is 3. The molecule has 1 N–H and O–H groups in total. The van der Waals surface area contributed by atoms with Crippen molar-refractivity contribution in [3.05, 3.63) is 0 Å². The van der Waals surface area contributed by atoms with Gasteiger partial charge in [-0.1, -0.05) is 188 Å². The molecule has 0 rings (SSSR count). The van der Waals surface area contributed by atoms with Gasteiger partial charge in [0.2, 0.25) is 0 Å². The standard InChI is InChI=1S/C50H97NO7S6/c1-4-7-10-13-16-27-39-59-62-42-31-48(53)56-38-26-20-23-35-51(34-22-19-25-37-52)36-24-21-30-47(45-57-49(54)32-43-63-60-40-28-17-14-11-8-5-2)46-58-50(55)33-44-64-61-41-29-18-15-12-9-6-3/h47,52H,4-46H2,1-3H3. The SMILES string of the molecule is CCCCCCCCSSCCC(=O)OCCCCCN(CCCCCO)CCCCC(COC(=O)CCSSCCCCCCCC)COC(=O)CCSSCCCCCCCC. The minimum atomic E-state index is -0.168. The first-order valence-electron chi connectivity index (χ1n) is 26.0. The molecule has 380 valence electrons. The number of carbonyl (C=O) groups excluding carboxylic acids is 3. The highest BCUT2D eigenvalue weighted by molar-refractivity contribution is 8.77. The maximum atomic E-state index is 12.7. The summed E-state index contributed by atoms with van der Waals surface area (Å²) in [6.45, 7) is 11.0. The molecule has 0 unspecified atom stereocenters. The van der Waals surface area contributed by atoms with Crippen molar-refractivity contribution in [2.24, 2.45) is 5.92 Å². The normalized spacial score (nSPS) is 11.5. The van der Waals surface area contributed by atoms with Gasteiger partial charge in [0.1, 0.15) is 0 Å². The molecule has 0 spiro atoms. The summed E-state index contributed by atoms with van der Waals surface area (Å²) < 4.78 is 17.1. The average molecular weight is 1020 g/mol. The molecule has 64 heavy (non-hydrogen) atoms. The topological polar surface area (TPSA) is 102 Å². The van der Waals surface area contributed by atoms with Crippen LogP contribution in [0.5, 0.6) is 0 Å². The van der Waals surface area contributed by atoms with Crippen molar-refractivity contribution in [1.82, 2.24) is 4.90 Å². The van der Waals surface area contributed by atoms with Gasteiger partial charge >= 0.3 is 17.9 Å². The second-order valence-corrected chi connectivity index (χ2v) is 25.2. The fourth-order valence-corrected chi connectivity index (χ4v) is 13.3. The number of aliphatic hydroxyl groups excluding tert-OH is 1. The Balaban J connectivity index is 4.66. The highest BCUT2D eigenvalue weighted by Crippen LogP contribution is 2.26. The number of nitrogens with zero attached hydrogens (tertiary/aromatic N) is 1. The molecule has 0 aliphatic heterocycles. The van der Waals surface area contributed by atoms with Gasteiger partial charge < -0.3 is 24.2 Å². The van der Waals surface area contributed by atoms with Gasteiger partial charge in [0, 0.05) is 47.0 Å². The van der Waals surface area contributed by atoms with Gasteiger partial charge in [0.05, 0.1) is 39.1 Å². The number of hydrogen-bond acceptors (Lipinski definition) is 14. The van der Waals surface area contributed by atoms with Gasteiger partial charge in [-0.25, -0.2) is 0 Å². The van der Waals surface area contributed by atoms with E-state index >= 15 is 0 Å². The van der Waals surface area contributed by atoms with Crippen LogP contribution >= 0.6 is 64.8 Å². The molecule has 0 radical (unpaired) electrons. The largest absolute Gasteiger partial charge is 0.466 e. The van der Waals surface area contributed by atoms with Crippen molar-refractivity contribution in [3.8, 4) is 0 Å². The molecule has 0 aliphatic carbocycles. The number of carbonyl (C=O) groups is 3. The summed E-state index contributed by atoms with van der Waals surface area (Å²) in [4.78, 5) is 40.2. The lowest BCUT2D eigenvalue weighted by Crippen LogP contribution is -2.28. The van der Waals surface area contributed by atoms with Crippen molar-refractivity contribution in [1.29, 1.82) is 0 Å². The lowest BCUT2D eigenvalue weighted by atomic mass is 10.0. The molecule has 0 fully saturated rings. The first kappa shape index (κ1) is 64.4. The maximum absolute atomic E-state index is 12.7. The van der Waals surface area contributed by atoms with Gasteiger partial charge in [-0.15, -0.1) is 0 Å². The van der Waals surface area contributed by atoms with Gasteiger partial charge in [-0.3, -0.25) is 14.4 Å². The lowest BCUT2D eigenvalue weighted by Gasteiger charge is -2.23. The summed E-state index contributed by atoms with van der Waals surface area (Å²) in [5.41, 5.74) is 0. The van der Waals surface area contributed by atoms with Gasteiger partial charge in [0.15, 0.2) is 0 Å². The van der Waals surface area contributed by atoms with Crippen LogP contribution in [0.1, 0.15) is 213 Å². The molecule has 0 bridgehead atoms. The molecule has 14 heteroatoms. The molecular formula is C50H97NO7S6.